The SMILES string of the molecule is CCCNC(=O)CN1C(=O)S/C(=C\c2ccc(OCC(=O)OCC)c(Cl)c2)C1=O. The van der Waals surface area contributed by atoms with E-state index >= 15 is 0 Å². The van der Waals surface area contributed by atoms with Crippen molar-refractivity contribution in [2.45, 2.75) is 20.3 Å². The molecular weight excluding hydrogens is 420 g/mol. The Morgan fingerprint density at radius 3 is 2.69 bits per heavy atom. The van der Waals surface area contributed by atoms with E-state index in [4.69, 9.17) is 21.1 Å². The van der Waals surface area contributed by atoms with Crippen LogP contribution in [0.5, 0.6) is 5.75 Å². The number of carbonyl (C=O) groups is 4. The zero-order valence-electron chi connectivity index (χ0n) is 16.0. The minimum atomic E-state index is -0.537. The molecule has 0 saturated carbocycles. The molecule has 0 spiro atoms. The number of hydrogen-bond donors (Lipinski definition) is 1. The zero-order chi connectivity index (χ0) is 21.4. The van der Waals surface area contributed by atoms with Crippen LogP contribution in [0.3, 0.4) is 0 Å². The Hall–Kier alpha value is -2.52. The fourth-order valence-corrected chi connectivity index (χ4v) is 3.40. The molecule has 8 nitrogen and oxygen atoms in total. The minimum Gasteiger partial charge on any atom is -0.480 e. The van der Waals surface area contributed by atoms with Crippen molar-refractivity contribution in [2.24, 2.45) is 0 Å². The van der Waals surface area contributed by atoms with Crippen molar-refractivity contribution in [2.75, 3.05) is 26.3 Å². The molecule has 0 aliphatic carbocycles. The Morgan fingerprint density at radius 1 is 1.28 bits per heavy atom. The molecule has 1 aliphatic rings. The molecule has 0 unspecified atom stereocenters. The largest absolute Gasteiger partial charge is 0.480 e. The maximum atomic E-state index is 12.4. The summed E-state index contributed by atoms with van der Waals surface area (Å²) in [4.78, 5) is 48.8. The topological polar surface area (TPSA) is 102 Å². The first-order valence-corrected chi connectivity index (χ1v) is 10.1. The van der Waals surface area contributed by atoms with Crippen LogP contribution in [0.15, 0.2) is 23.1 Å². The Morgan fingerprint density at radius 2 is 2.03 bits per heavy atom. The van der Waals surface area contributed by atoms with Gasteiger partial charge in [-0.3, -0.25) is 19.3 Å². The molecule has 3 amide bonds. The van der Waals surface area contributed by atoms with Gasteiger partial charge >= 0.3 is 5.97 Å². The molecule has 1 heterocycles. The predicted octanol–water partition coefficient (Wildman–Crippen LogP) is 2.84. The van der Waals surface area contributed by atoms with Crippen LogP contribution < -0.4 is 10.1 Å². The fourth-order valence-electron chi connectivity index (χ4n) is 2.31. The van der Waals surface area contributed by atoms with Gasteiger partial charge in [0.05, 0.1) is 16.5 Å². The van der Waals surface area contributed by atoms with E-state index in [0.717, 1.165) is 23.1 Å². The van der Waals surface area contributed by atoms with Crippen molar-refractivity contribution < 1.29 is 28.7 Å². The summed E-state index contributed by atoms with van der Waals surface area (Å²) < 4.78 is 10.1. The van der Waals surface area contributed by atoms with Gasteiger partial charge in [-0.15, -0.1) is 0 Å². The van der Waals surface area contributed by atoms with E-state index in [2.05, 4.69) is 5.32 Å². The average Bonchev–Trinajstić information content (AvgIpc) is 2.93. The minimum absolute atomic E-state index is 0.189. The summed E-state index contributed by atoms with van der Waals surface area (Å²) in [6.07, 6.45) is 2.27. The molecule has 1 N–H and O–H groups in total. The van der Waals surface area contributed by atoms with Crippen molar-refractivity contribution in [3.05, 3.63) is 33.7 Å². The number of benzene rings is 1. The number of carbonyl (C=O) groups excluding carboxylic acids is 4. The van der Waals surface area contributed by atoms with Gasteiger partial charge in [-0.2, -0.15) is 0 Å². The lowest BCUT2D eigenvalue weighted by atomic mass is 10.2. The summed E-state index contributed by atoms with van der Waals surface area (Å²) in [6.45, 7) is 3.74. The number of nitrogens with one attached hydrogen (secondary N) is 1. The molecule has 1 aromatic carbocycles. The molecule has 0 radical (unpaired) electrons. The van der Waals surface area contributed by atoms with E-state index in [1.807, 2.05) is 6.92 Å². The summed E-state index contributed by atoms with van der Waals surface area (Å²) in [5.41, 5.74) is 0.569. The van der Waals surface area contributed by atoms with Gasteiger partial charge in [-0.1, -0.05) is 24.6 Å². The second kappa shape index (κ2) is 10.9. The average molecular weight is 441 g/mol. The van der Waals surface area contributed by atoms with Gasteiger partial charge in [0.1, 0.15) is 12.3 Å². The van der Waals surface area contributed by atoms with Crippen molar-refractivity contribution in [1.29, 1.82) is 0 Å². The van der Waals surface area contributed by atoms with Gasteiger partial charge in [0.2, 0.25) is 5.91 Å². The summed E-state index contributed by atoms with van der Waals surface area (Å²) in [6, 6.07) is 4.73. The zero-order valence-corrected chi connectivity index (χ0v) is 17.6. The van der Waals surface area contributed by atoms with Gasteiger partial charge < -0.3 is 14.8 Å². The number of imide groups is 1. The predicted molar refractivity (Wildman–Crippen MR) is 110 cm³/mol. The lowest BCUT2D eigenvalue weighted by molar-refractivity contribution is -0.145. The van der Waals surface area contributed by atoms with E-state index in [1.165, 1.54) is 6.08 Å². The van der Waals surface area contributed by atoms with Crippen LogP contribution >= 0.6 is 23.4 Å². The molecule has 29 heavy (non-hydrogen) atoms. The van der Waals surface area contributed by atoms with Gasteiger partial charge in [-0.25, -0.2) is 4.79 Å². The van der Waals surface area contributed by atoms with E-state index in [9.17, 15) is 19.2 Å². The third-order valence-corrected chi connectivity index (χ3v) is 4.85. The quantitative estimate of drug-likeness (QED) is 0.465. The standard InChI is InChI=1S/C19H21ClN2O6S/c1-3-7-21-16(23)10-22-18(25)15(29-19(22)26)9-12-5-6-14(13(20)8-12)28-11-17(24)27-4-2/h5-6,8-9H,3-4,7,10-11H2,1-2H3,(H,21,23)/b15-9-. The van der Waals surface area contributed by atoms with E-state index in [0.29, 0.717) is 12.1 Å². The number of esters is 1. The highest BCUT2D eigenvalue weighted by atomic mass is 35.5. The third-order valence-electron chi connectivity index (χ3n) is 3.65. The van der Waals surface area contributed by atoms with Gasteiger partial charge in [0.25, 0.3) is 11.1 Å². The molecule has 1 aliphatic heterocycles. The molecule has 0 aromatic heterocycles. The highest BCUT2D eigenvalue weighted by Crippen LogP contribution is 2.33. The number of nitrogens with zero attached hydrogens (tertiary/aromatic N) is 1. The highest BCUT2D eigenvalue weighted by Gasteiger charge is 2.36. The second-order valence-electron chi connectivity index (χ2n) is 5.90. The van der Waals surface area contributed by atoms with Gasteiger partial charge in [0.15, 0.2) is 6.61 Å². The van der Waals surface area contributed by atoms with E-state index < -0.39 is 17.1 Å². The number of ether oxygens (including phenoxy) is 2. The lowest BCUT2D eigenvalue weighted by Gasteiger charge is -2.11. The molecule has 1 aromatic rings. The first kappa shape index (κ1) is 22.8. The number of hydrogen-bond acceptors (Lipinski definition) is 7. The van der Waals surface area contributed by atoms with E-state index in [1.54, 1.807) is 25.1 Å². The Kier molecular flexibility index (Phi) is 8.53. The molecule has 156 valence electrons. The lowest BCUT2D eigenvalue weighted by Crippen LogP contribution is -2.39. The highest BCUT2D eigenvalue weighted by molar-refractivity contribution is 8.18. The number of rotatable bonds is 9. The number of halogens is 1. The normalized spacial score (nSPS) is 15.0. The first-order chi connectivity index (χ1) is 13.8. The van der Waals surface area contributed by atoms with Crippen LogP contribution in [0, 0.1) is 0 Å². The molecule has 10 heteroatoms. The summed E-state index contributed by atoms with van der Waals surface area (Å²) in [5, 5.41) is 2.36. The smallest absolute Gasteiger partial charge is 0.344 e. The summed E-state index contributed by atoms with van der Waals surface area (Å²) in [5.74, 6) is -1.14. The van der Waals surface area contributed by atoms with Gasteiger partial charge in [0, 0.05) is 6.54 Å². The van der Waals surface area contributed by atoms with Crippen molar-refractivity contribution in [1.82, 2.24) is 10.2 Å². The fraction of sp³-hybridized carbons (Fsp3) is 0.368. The van der Waals surface area contributed by atoms with E-state index in [-0.39, 0.29) is 41.3 Å². The van der Waals surface area contributed by atoms with Crippen LogP contribution in [0.25, 0.3) is 6.08 Å². The Bertz CT molecular complexity index is 842. The van der Waals surface area contributed by atoms with Crippen LogP contribution in [-0.2, 0) is 19.1 Å². The van der Waals surface area contributed by atoms with Crippen LogP contribution in [0.4, 0.5) is 4.79 Å². The third kappa shape index (κ3) is 6.50. The van der Waals surface area contributed by atoms with Crippen molar-refractivity contribution in [3.8, 4) is 5.75 Å². The number of thioether (sulfide) groups is 1. The Labute approximate surface area is 177 Å². The molecule has 0 bridgehead atoms. The van der Waals surface area contributed by atoms with Crippen LogP contribution in [0.1, 0.15) is 25.8 Å². The van der Waals surface area contributed by atoms with Crippen molar-refractivity contribution in [3.63, 3.8) is 0 Å². The monoisotopic (exact) mass is 440 g/mol. The molecule has 1 fully saturated rings. The Balaban J connectivity index is 2.05. The van der Waals surface area contributed by atoms with Crippen LogP contribution in [0.2, 0.25) is 5.02 Å². The molecule has 2 rings (SSSR count). The maximum Gasteiger partial charge on any atom is 0.344 e. The number of amides is 3. The molecular formula is C19H21ClN2O6S. The van der Waals surface area contributed by atoms with Gasteiger partial charge in [-0.05, 0) is 48.9 Å². The first-order valence-electron chi connectivity index (χ1n) is 8.95. The van der Waals surface area contributed by atoms with Crippen molar-refractivity contribution >= 4 is 52.5 Å². The second-order valence-corrected chi connectivity index (χ2v) is 7.30. The maximum absolute atomic E-state index is 12.4. The molecule has 1 saturated heterocycles. The van der Waals surface area contributed by atoms with Crippen LogP contribution in [-0.4, -0.2) is 54.2 Å². The summed E-state index contributed by atoms with van der Waals surface area (Å²) >= 11 is 6.91. The molecule has 0 atom stereocenters. The summed E-state index contributed by atoms with van der Waals surface area (Å²) in [7, 11) is 0.